The van der Waals surface area contributed by atoms with Crippen LogP contribution in [0.3, 0.4) is 0 Å². The summed E-state index contributed by atoms with van der Waals surface area (Å²) in [5, 5.41) is 2.55. The van der Waals surface area contributed by atoms with Crippen molar-refractivity contribution < 1.29 is 0 Å². The first-order valence-corrected chi connectivity index (χ1v) is 14.4. The molecule has 0 saturated heterocycles. The van der Waals surface area contributed by atoms with Crippen molar-refractivity contribution in [2.45, 2.75) is 13.3 Å². The number of benzene rings is 6. The Bertz CT molecular complexity index is 1990. The van der Waals surface area contributed by atoms with Gasteiger partial charge in [0.05, 0.1) is 16.7 Å². The van der Waals surface area contributed by atoms with Crippen molar-refractivity contribution in [3.05, 3.63) is 151 Å². The van der Waals surface area contributed by atoms with Gasteiger partial charge in [-0.1, -0.05) is 115 Å². The van der Waals surface area contributed by atoms with Gasteiger partial charge in [-0.3, -0.25) is 0 Å². The topological polar surface area (TPSA) is 8.17 Å². The number of hydrogen-bond donors (Lipinski definition) is 0. The first-order chi connectivity index (χ1) is 20.3. The minimum atomic E-state index is 1.01. The van der Waals surface area contributed by atoms with Gasteiger partial charge in [-0.25, -0.2) is 0 Å². The van der Waals surface area contributed by atoms with E-state index in [9.17, 15) is 0 Å². The largest absolute Gasteiger partial charge is 0.341 e. The molecule has 0 amide bonds. The Hall–Kier alpha value is -5.08. The molecule has 1 aliphatic rings. The van der Waals surface area contributed by atoms with Crippen molar-refractivity contribution >= 4 is 33.2 Å². The zero-order valence-corrected chi connectivity index (χ0v) is 23.1. The van der Waals surface area contributed by atoms with Gasteiger partial charge in [-0.2, -0.15) is 0 Å². The first-order valence-electron chi connectivity index (χ1n) is 14.4. The third-order valence-electron chi connectivity index (χ3n) is 8.53. The molecule has 0 aliphatic carbocycles. The van der Waals surface area contributed by atoms with Crippen LogP contribution in [0.15, 0.2) is 140 Å². The van der Waals surface area contributed by atoms with Crippen molar-refractivity contribution in [2.24, 2.45) is 0 Å². The highest BCUT2D eigenvalue weighted by Crippen LogP contribution is 2.43. The van der Waals surface area contributed by atoms with E-state index in [1.807, 2.05) is 0 Å². The highest BCUT2D eigenvalue weighted by Gasteiger charge is 2.23. The van der Waals surface area contributed by atoms with Crippen LogP contribution in [0.1, 0.15) is 11.1 Å². The Morgan fingerprint density at radius 1 is 0.537 bits per heavy atom. The highest BCUT2D eigenvalue weighted by atomic mass is 15.2. The average molecular weight is 527 g/mol. The summed E-state index contributed by atoms with van der Waals surface area (Å²) in [7, 11) is 0. The summed E-state index contributed by atoms with van der Waals surface area (Å²) in [6.45, 7) is 3.19. The van der Waals surface area contributed by atoms with Crippen molar-refractivity contribution in [3.63, 3.8) is 0 Å². The summed E-state index contributed by atoms with van der Waals surface area (Å²) >= 11 is 0. The highest BCUT2D eigenvalue weighted by molar-refractivity contribution is 6.11. The molecule has 0 saturated carbocycles. The smallest absolute Gasteiger partial charge is 0.0618 e. The molecule has 1 aliphatic heterocycles. The van der Waals surface area contributed by atoms with E-state index in [0.29, 0.717) is 0 Å². The van der Waals surface area contributed by atoms with Crippen LogP contribution in [0.2, 0.25) is 0 Å². The summed E-state index contributed by atoms with van der Waals surface area (Å²) in [6.07, 6.45) is 1.09. The van der Waals surface area contributed by atoms with Gasteiger partial charge < -0.3 is 9.47 Å². The molecule has 0 atom stereocenters. The Morgan fingerprint density at radius 2 is 1.20 bits per heavy atom. The molecule has 196 valence electrons. The number of anilines is 2. The van der Waals surface area contributed by atoms with E-state index in [4.69, 9.17) is 0 Å². The first kappa shape index (κ1) is 23.8. The van der Waals surface area contributed by atoms with E-state index in [0.717, 1.165) is 13.0 Å². The van der Waals surface area contributed by atoms with E-state index in [1.165, 1.54) is 72.2 Å². The molecule has 2 heteroatoms. The van der Waals surface area contributed by atoms with Crippen molar-refractivity contribution in [3.8, 4) is 27.9 Å². The number of rotatable bonds is 4. The molecule has 41 heavy (non-hydrogen) atoms. The number of aromatic nitrogens is 1. The lowest BCUT2D eigenvalue weighted by Crippen LogP contribution is -2.13. The van der Waals surface area contributed by atoms with Gasteiger partial charge in [0.1, 0.15) is 0 Å². The maximum absolute atomic E-state index is 2.49. The Labute approximate surface area is 240 Å². The maximum atomic E-state index is 2.49. The Balaban J connectivity index is 1.41. The van der Waals surface area contributed by atoms with Gasteiger partial charge in [0, 0.05) is 39.8 Å². The minimum absolute atomic E-state index is 1.01. The molecule has 0 N–H and O–H groups in total. The van der Waals surface area contributed by atoms with E-state index < -0.39 is 0 Å². The summed E-state index contributed by atoms with van der Waals surface area (Å²) in [4.78, 5) is 2.48. The average Bonchev–Trinajstić information content (AvgIpc) is 3.60. The molecule has 6 aromatic carbocycles. The van der Waals surface area contributed by atoms with Crippen LogP contribution in [0, 0.1) is 6.92 Å². The number of nitrogens with zero attached hydrogens (tertiary/aromatic N) is 2. The lowest BCUT2D eigenvalue weighted by Gasteiger charge is -2.21. The fourth-order valence-electron chi connectivity index (χ4n) is 6.65. The van der Waals surface area contributed by atoms with E-state index in [-0.39, 0.29) is 0 Å². The normalized spacial score (nSPS) is 12.8. The molecule has 0 fully saturated rings. The van der Waals surface area contributed by atoms with Gasteiger partial charge in [-0.05, 0) is 60.4 Å². The molecule has 0 unspecified atom stereocenters. The lowest BCUT2D eigenvalue weighted by molar-refractivity contribution is 0.999. The molecular weight excluding hydrogens is 496 g/mol. The number of para-hydroxylation sites is 2. The molecule has 0 bridgehead atoms. The lowest BCUT2D eigenvalue weighted by atomic mass is 9.95. The van der Waals surface area contributed by atoms with Gasteiger partial charge in [-0.15, -0.1) is 0 Å². The van der Waals surface area contributed by atoms with Gasteiger partial charge in [0.15, 0.2) is 0 Å². The fourth-order valence-corrected chi connectivity index (χ4v) is 6.65. The second kappa shape index (κ2) is 9.53. The third-order valence-corrected chi connectivity index (χ3v) is 8.53. The molecule has 0 spiro atoms. The van der Waals surface area contributed by atoms with E-state index in [2.05, 4.69) is 156 Å². The monoisotopic (exact) mass is 526 g/mol. The van der Waals surface area contributed by atoms with Crippen LogP contribution < -0.4 is 4.90 Å². The maximum Gasteiger partial charge on any atom is 0.0618 e. The minimum Gasteiger partial charge on any atom is -0.341 e. The summed E-state index contributed by atoms with van der Waals surface area (Å²) in [5.41, 5.74) is 13.9. The number of fused-ring (bicyclic) bond motifs is 4. The van der Waals surface area contributed by atoms with Crippen LogP contribution in [-0.4, -0.2) is 11.1 Å². The van der Waals surface area contributed by atoms with Crippen molar-refractivity contribution in [1.29, 1.82) is 0 Å². The molecule has 7 aromatic rings. The van der Waals surface area contributed by atoms with E-state index in [1.54, 1.807) is 0 Å². The Morgan fingerprint density at radius 3 is 1.93 bits per heavy atom. The second-order valence-electron chi connectivity index (χ2n) is 11.0. The quantitative estimate of drug-likeness (QED) is 0.221. The zero-order valence-electron chi connectivity index (χ0n) is 23.1. The molecule has 0 radical (unpaired) electrons. The van der Waals surface area contributed by atoms with Crippen LogP contribution in [0.5, 0.6) is 0 Å². The third kappa shape index (κ3) is 3.87. The predicted molar refractivity (Wildman–Crippen MR) is 174 cm³/mol. The Kier molecular flexibility index (Phi) is 5.53. The van der Waals surface area contributed by atoms with Crippen molar-refractivity contribution in [2.75, 3.05) is 11.4 Å². The van der Waals surface area contributed by atoms with E-state index >= 15 is 0 Å². The zero-order chi connectivity index (χ0) is 27.3. The van der Waals surface area contributed by atoms with Crippen molar-refractivity contribution in [1.82, 2.24) is 4.57 Å². The SMILES string of the molecule is Cc1ccc2c(c1)CCN2c1ccc2c(c1)c1ccccc1n2-c1c(-c2ccccc2)cccc1-c1ccccc1. The molecule has 2 nitrogen and oxygen atoms in total. The number of hydrogen-bond acceptors (Lipinski definition) is 1. The van der Waals surface area contributed by atoms with Crippen LogP contribution >= 0.6 is 0 Å². The van der Waals surface area contributed by atoms with Gasteiger partial charge in [0.25, 0.3) is 0 Å². The number of aryl methyl sites for hydroxylation is 1. The fraction of sp³-hybridized carbons (Fsp3) is 0.0769. The molecular formula is C39H30N2. The summed E-state index contributed by atoms with van der Waals surface area (Å²) in [6, 6.07) is 51.0. The van der Waals surface area contributed by atoms with Gasteiger partial charge >= 0.3 is 0 Å². The van der Waals surface area contributed by atoms with Crippen LogP contribution in [0.4, 0.5) is 11.4 Å². The summed E-state index contributed by atoms with van der Waals surface area (Å²) in [5.74, 6) is 0. The van der Waals surface area contributed by atoms with Gasteiger partial charge in [0.2, 0.25) is 0 Å². The van der Waals surface area contributed by atoms with Crippen LogP contribution in [0.25, 0.3) is 49.7 Å². The second-order valence-corrected chi connectivity index (χ2v) is 11.0. The molecule has 8 rings (SSSR count). The molecule has 1 aromatic heterocycles. The molecule has 2 heterocycles. The standard InChI is InChI=1S/C39H30N2/c1-27-19-21-36-30(25-27)23-24-40(36)31-20-22-38-35(26-31)34-15-8-9-18-37(34)41(38)39-32(28-11-4-2-5-12-28)16-10-17-33(39)29-13-6-3-7-14-29/h2-22,25-26H,23-24H2,1H3. The predicted octanol–water partition coefficient (Wildman–Crippen LogP) is 10.1. The summed E-state index contributed by atoms with van der Waals surface area (Å²) < 4.78 is 2.49. The van der Waals surface area contributed by atoms with Crippen LogP contribution in [-0.2, 0) is 6.42 Å².